The van der Waals surface area contributed by atoms with E-state index in [1.54, 1.807) is 6.92 Å². The lowest BCUT2D eigenvalue weighted by atomic mass is 10.3. The molecule has 0 radical (unpaired) electrons. The summed E-state index contributed by atoms with van der Waals surface area (Å²) < 4.78 is 57.8. The minimum Gasteiger partial charge on any atom is -0.378 e. The van der Waals surface area contributed by atoms with Crippen molar-refractivity contribution in [1.29, 1.82) is 0 Å². The van der Waals surface area contributed by atoms with Crippen molar-refractivity contribution in [3.05, 3.63) is 28.2 Å². The first-order valence-electron chi connectivity index (χ1n) is 5.58. The van der Waals surface area contributed by atoms with E-state index in [1.807, 2.05) is 0 Å². The Morgan fingerprint density at radius 2 is 2.11 bits per heavy atom. The van der Waals surface area contributed by atoms with Gasteiger partial charge in [-0.2, -0.15) is 4.31 Å². The number of rotatable bonds is 2. The summed E-state index contributed by atoms with van der Waals surface area (Å²) in [6.07, 6.45) is 0. The van der Waals surface area contributed by atoms with Crippen LogP contribution in [0.4, 0.5) is 8.78 Å². The molecule has 2 rings (SSSR count). The second-order valence-corrected chi connectivity index (χ2v) is 6.92. The number of ether oxygens (including phenoxy) is 1. The Kier molecular flexibility index (Phi) is 4.24. The van der Waals surface area contributed by atoms with E-state index in [0.29, 0.717) is 6.07 Å². The lowest BCUT2D eigenvalue weighted by molar-refractivity contribution is 0.0391. The molecule has 1 aliphatic heterocycles. The molecule has 1 saturated heterocycles. The fraction of sp³-hybridized carbons (Fsp3) is 0.455. The first-order chi connectivity index (χ1) is 8.84. The van der Waals surface area contributed by atoms with Crippen LogP contribution < -0.4 is 0 Å². The zero-order chi connectivity index (χ0) is 14.2. The SMILES string of the molecule is CC1COCCN1S(=O)(=O)c1c(F)cc(F)cc1Br. The van der Waals surface area contributed by atoms with Crippen LogP contribution >= 0.6 is 15.9 Å². The molecule has 1 unspecified atom stereocenters. The molecule has 106 valence electrons. The molecule has 0 amide bonds. The van der Waals surface area contributed by atoms with Crippen molar-refractivity contribution in [3.63, 3.8) is 0 Å². The molecule has 19 heavy (non-hydrogen) atoms. The third-order valence-electron chi connectivity index (χ3n) is 2.84. The van der Waals surface area contributed by atoms with Crippen molar-refractivity contribution >= 4 is 26.0 Å². The molecule has 1 atom stereocenters. The van der Waals surface area contributed by atoms with E-state index >= 15 is 0 Å². The van der Waals surface area contributed by atoms with Gasteiger partial charge in [0.2, 0.25) is 10.0 Å². The van der Waals surface area contributed by atoms with E-state index in [9.17, 15) is 17.2 Å². The number of morpholine rings is 1. The Balaban J connectivity index is 2.50. The number of sulfonamides is 1. The Bertz CT molecular complexity index is 571. The van der Waals surface area contributed by atoms with Gasteiger partial charge in [0.05, 0.1) is 13.2 Å². The van der Waals surface area contributed by atoms with Crippen LogP contribution in [0.25, 0.3) is 0 Å². The van der Waals surface area contributed by atoms with Crippen molar-refractivity contribution in [3.8, 4) is 0 Å². The molecule has 1 aliphatic rings. The summed E-state index contributed by atoms with van der Waals surface area (Å²) in [5.74, 6) is -1.94. The van der Waals surface area contributed by atoms with E-state index < -0.39 is 32.6 Å². The maximum absolute atomic E-state index is 13.8. The van der Waals surface area contributed by atoms with Crippen molar-refractivity contribution in [2.45, 2.75) is 17.9 Å². The predicted octanol–water partition coefficient (Wildman–Crippen LogP) is 2.14. The Morgan fingerprint density at radius 3 is 2.68 bits per heavy atom. The van der Waals surface area contributed by atoms with Gasteiger partial charge in [-0.05, 0) is 28.9 Å². The first kappa shape index (κ1) is 14.8. The fourth-order valence-corrected chi connectivity index (χ4v) is 4.68. The third-order valence-corrected chi connectivity index (χ3v) is 5.82. The lowest BCUT2D eigenvalue weighted by Crippen LogP contribution is -2.47. The second-order valence-electron chi connectivity index (χ2n) is 4.24. The average molecular weight is 356 g/mol. The van der Waals surface area contributed by atoms with Crippen LogP contribution in [0.5, 0.6) is 0 Å². The number of benzene rings is 1. The standard InChI is InChI=1S/C11H12BrF2NO3S/c1-7-6-18-3-2-15(7)19(16,17)11-9(12)4-8(13)5-10(11)14/h4-5,7H,2-3,6H2,1H3. The van der Waals surface area contributed by atoms with Gasteiger partial charge in [-0.3, -0.25) is 0 Å². The maximum atomic E-state index is 13.8. The molecule has 1 fully saturated rings. The summed E-state index contributed by atoms with van der Waals surface area (Å²) >= 11 is 2.90. The van der Waals surface area contributed by atoms with Gasteiger partial charge in [-0.15, -0.1) is 0 Å². The highest BCUT2D eigenvalue weighted by molar-refractivity contribution is 9.10. The van der Waals surface area contributed by atoms with Crippen LogP contribution in [-0.2, 0) is 14.8 Å². The maximum Gasteiger partial charge on any atom is 0.247 e. The van der Waals surface area contributed by atoms with E-state index in [0.717, 1.165) is 10.4 Å². The van der Waals surface area contributed by atoms with Gasteiger partial charge in [-0.25, -0.2) is 17.2 Å². The second kappa shape index (κ2) is 5.43. The highest BCUT2D eigenvalue weighted by Crippen LogP contribution is 2.30. The van der Waals surface area contributed by atoms with Crippen LogP contribution in [-0.4, -0.2) is 38.5 Å². The van der Waals surface area contributed by atoms with Crippen LogP contribution in [0, 0.1) is 11.6 Å². The van der Waals surface area contributed by atoms with Crippen LogP contribution in [0.1, 0.15) is 6.92 Å². The molecule has 8 heteroatoms. The number of halogens is 3. The normalized spacial score (nSPS) is 21.6. The average Bonchev–Trinajstić information content (AvgIpc) is 2.27. The monoisotopic (exact) mass is 355 g/mol. The van der Waals surface area contributed by atoms with Gasteiger partial charge >= 0.3 is 0 Å². The van der Waals surface area contributed by atoms with E-state index in [-0.39, 0.29) is 24.2 Å². The lowest BCUT2D eigenvalue weighted by Gasteiger charge is -2.32. The minimum atomic E-state index is -4.02. The molecule has 0 aromatic heterocycles. The smallest absolute Gasteiger partial charge is 0.247 e. The van der Waals surface area contributed by atoms with Gasteiger partial charge in [0.1, 0.15) is 16.5 Å². The van der Waals surface area contributed by atoms with E-state index in [4.69, 9.17) is 4.74 Å². The molecule has 0 N–H and O–H groups in total. The van der Waals surface area contributed by atoms with E-state index in [1.165, 1.54) is 0 Å². The third kappa shape index (κ3) is 2.81. The van der Waals surface area contributed by atoms with Crippen molar-refractivity contribution in [1.82, 2.24) is 4.31 Å². The molecule has 1 aromatic carbocycles. The first-order valence-corrected chi connectivity index (χ1v) is 7.81. The Labute approximate surface area is 118 Å². The molecule has 1 aromatic rings. The van der Waals surface area contributed by atoms with Crippen LogP contribution in [0.2, 0.25) is 0 Å². The van der Waals surface area contributed by atoms with Crippen LogP contribution in [0.3, 0.4) is 0 Å². The molecular formula is C11H12BrF2NO3S. The van der Waals surface area contributed by atoms with Gasteiger partial charge in [-0.1, -0.05) is 0 Å². The summed E-state index contributed by atoms with van der Waals surface area (Å²) in [6.45, 7) is 2.32. The summed E-state index contributed by atoms with van der Waals surface area (Å²) in [7, 11) is -4.02. The highest BCUT2D eigenvalue weighted by atomic mass is 79.9. The molecule has 0 saturated carbocycles. The van der Waals surface area contributed by atoms with Gasteiger partial charge in [0, 0.05) is 23.1 Å². The largest absolute Gasteiger partial charge is 0.378 e. The predicted molar refractivity (Wildman–Crippen MR) is 68.2 cm³/mol. The summed E-state index contributed by atoms with van der Waals surface area (Å²) in [6, 6.07) is 1.10. The van der Waals surface area contributed by atoms with Gasteiger partial charge in [0.25, 0.3) is 0 Å². The summed E-state index contributed by atoms with van der Waals surface area (Å²) in [5, 5.41) is 0. The summed E-state index contributed by atoms with van der Waals surface area (Å²) in [4.78, 5) is -0.539. The molecule has 0 spiro atoms. The zero-order valence-electron chi connectivity index (χ0n) is 10.1. The highest BCUT2D eigenvalue weighted by Gasteiger charge is 2.35. The fourth-order valence-electron chi connectivity index (χ4n) is 1.96. The summed E-state index contributed by atoms with van der Waals surface area (Å²) in [5.41, 5.74) is 0. The molecule has 1 heterocycles. The van der Waals surface area contributed by atoms with Crippen LogP contribution in [0.15, 0.2) is 21.5 Å². The molecule has 4 nitrogen and oxygen atoms in total. The Morgan fingerprint density at radius 1 is 1.42 bits per heavy atom. The Hall–Kier alpha value is -0.570. The molecule has 0 aliphatic carbocycles. The zero-order valence-corrected chi connectivity index (χ0v) is 12.5. The number of hydrogen-bond donors (Lipinski definition) is 0. The minimum absolute atomic E-state index is 0.122. The van der Waals surface area contributed by atoms with Gasteiger partial charge in [0.15, 0.2) is 0 Å². The van der Waals surface area contributed by atoms with Crippen molar-refractivity contribution < 1.29 is 21.9 Å². The quantitative estimate of drug-likeness (QED) is 0.816. The van der Waals surface area contributed by atoms with Crippen molar-refractivity contribution in [2.75, 3.05) is 19.8 Å². The number of nitrogens with zero attached hydrogens (tertiary/aromatic N) is 1. The topological polar surface area (TPSA) is 46.6 Å². The van der Waals surface area contributed by atoms with Gasteiger partial charge < -0.3 is 4.74 Å². The van der Waals surface area contributed by atoms with E-state index in [2.05, 4.69) is 15.9 Å². The number of hydrogen-bond acceptors (Lipinski definition) is 3. The van der Waals surface area contributed by atoms with Crippen molar-refractivity contribution in [2.24, 2.45) is 0 Å². The molecular weight excluding hydrogens is 344 g/mol. The molecule has 0 bridgehead atoms.